The van der Waals surface area contributed by atoms with Gasteiger partial charge in [0.2, 0.25) is 5.89 Å². The van der Waals surface area contributed by atoms with Crippen LogP contribution in [-0.2, 0) is 6.54 Å². The van der Waals surface area contributed by atoms with Crippen molar-refractivity contribution in [3.8, 4) is 22.8 Å². The molecule has 0 saturated carbocycles. The predicted octanol–water partition coefficient (Wildman–Crippen LogP) is 4.51. The van der Waals surface area contributed by atoms with Crippen LogP contribution in [0.25, 0.3) is 11.3 Å². The highest BCUT2D eigenvalue weighted by molar-refractivity contribution is 6.30. The Labute approximate surface area is 158 Å². The summed E-state index contributed by atoms with van der Waals surface area (Å²) >= 11 is 6.02. The minimum absolute atomic E-state index is 0.574. The number of rotatable bonds is 8. The van der Waals surface area contributed by atoms with E-state index >= 15 is 0 Å². The largest absolute Gasteiger partial charge is 0.497 e. The van der Waals surface area contributed by atoms with Crippen molar-refractivity contribution in [3.63, 3.8) is 0 Å². The van der Waals surface area contributed by atoms with Gasteiger partial charge in [-0.05, 0) is 43.4 Å². The molecule has 0 unspecified atom stereocenters. The SMILES string of the molecule is COc1ccc(OCCN(C)Cc2ncc(-c3cccc(Cl)c3)o2)cc1. The highest BCUT2D eigenvalue weighted by Gasteiger charge is 2.09. The van der Waals surface area contributed by atoms with Gasteiger partial charge in [-0.15, -0.1) is 0 Å². The molecule has 136 valence electrons. The standard InChI is InChI=1S/C20H21ClN2O3/c1-23(10-11-25-18-8-6-17(24-2)7-9-18)14-20-22-13-19(26-20)15-4-3-5-16(21)12-15/h3-9,12-13H,10-11,14H2,1-2H3. The van der Waals surface area contributed by atoms with Crippen LogP contribution in [0, 0.1) is 0 Å². The minimum atomic E-state index is 0.574. The Balaban J connectivity index is 1.48. The van der Waals surface area contributed by atoms with E-state index in [-0.39, 0.29) is 0 Å². The van der Waals surface area contributed by atoms with Crippen LogP contribution in [0.4, 0.5) is 0 Å². The molecule has 2 aromatic carbocycles. The van der Waals surface area contributed by atoms with Crippen LogP contribution in [0.3, 0.4) is 0 Å². The number of likely N-dealkylation sites (N-methyl/N-ethyl adjacent to an activating group) is 1. The lowest BCUT2D eigenvalue weighted by Crippen LogP contribution is -2.24. The van der Waals surface area contributed by atoms with Gasteiger partial charge >= 0.3 is 0 Å². The van der Waals surface area contributed by atoms with Crippen LogP contribution >= 0.6 is 11.6 Å². The minimum Gasteiger partial charge on any atom is -0.497 e. The van der Waals surface area contributed by atoms with Gasteiger partial charge < -0.3 is 13.9 Å². The molecule has 0 aliphatic heterocycles. The van der Waals surface area contributed by atoms with Crippen LogP contribution in [0.15, 0.2) is 59.1 Å². The fourth-order valence-electron chi connectivity index (χ4n) is 2.46. The van der Waals surface area contributed by atoms with E-state index in [0.29, 0.717) is 29.8 Å². The third-order valence-electron chi connectivity index (χ3n) is 3.87. The molecule has 3 aromatic rings. The number of nitrogens with zero attached hydrogens (tertiary/aromatic N) is 2. The molecular formula is C20H21ClN2O3. The van der Waals surface area contributed by atoms with Gasteiger partial charge in [0, 0.05) is 17.1 Å². The molecule has 26 heavy (non-hydrogen) atoms. The Morgan fingerprint density at radius 2 is 1.88 bits per heavy atom. The van der Waals surface area contributed by atoms with E-state index in [4.69, 9.17) is 25.5 Å². The fraction of sp³-hybridized carbons (Fsp3) is 0.250. The maximum absolute atomic E-state index is 6.02. The van der Waals surface area contributed by atoms with Crippen LogP contribution < -0.4 is 9.47 Å². The Hall–Kier alpha value is -2.50. The molecule has 0 spiro atoms. The summed E-state index contributed by atoms with van der Waals surface area (Å²) < 4.78 is 16.7. The number of methoxy groups -OCH3 is 1. The Morgan fingerprint density at radius 1 is 1.12 bits per heavy atom. The maximum Gasteiger partial charge on any atom is 0.209 e. The third kappa shape index (κ3) is 5.00. The maximum atomic E-state index is 6.02. The third-order valence-corrected chi connectivity index (χ3v) is 4.10. The highest BCUT2D eigenvalue weighted by Crippen LogP contribution is 2.23. The number of halogens is 1. The van der Waals surface area contributed by atoms with Gasteiger partial charge in [0.25, 0.3) is 0 Å². The monoisotopic (exact) mass is 372 g/mol. The van der Waals surface area contributed by atoms with Crippen molar-refractivity contribution in [1.82, 2.24) is 9.88 Å². The van der Waals surface area contributed by atoms with Crippen LogP contribution in [0.2, 0.25) is 5.02 Å². The van der Waals surface area contributed by atoms with Gasteiger partial charge in [-0.3, -0.25) is 4.90 Å². The summed E-state index contributed by atoms with van der Waals surface area (Å²) in [6.07, 6.45) is 1.72. The first-order chi connectivity index (χ1) is 12.6. The van der Waals surface area contributed by atoms with Crippen molar-refractivity contribution >= 4 is 11.6 Å². The molecular weight excluding hydrogens is 352 g/mol. The number of aromatic nitrogens is 1. The van der Waals surface area contributed by atoms with Crippen molar-refractivity contribution in [3.05, 3.63) is 65.6 Å². The summed E-state index contributed by atoms with van der Waals surface area (Å²) in [5.74, 6) is 3.00. The quantitative estimate of drug-likeness (QED) is 0.582. The normalized spacial score (nSPS) is 10.9. The number of ether oxygens (including phenoxy) is 2. The number of hydrogen-bond donors (Lipinski definition) is 0. The van der Waals surface area contributed by atoms with Crippen molar-refractivity contribution in [2.24, 2.45) is 0 Å². The lowest BCUT2D eigenvalue weighted by Gasteiger charge is -2.15. The summed E-state index contributed by atoms with van der Waals surface area (Å²) in [5.41, 5.74) is 0.918. The Kier molecular flexibility index (Phi) is 6.15. The van der Waals surface area contributed by atoms with Gasteiger partial charge in [0.05, 0.1) is 19.9 Å². The highest BCUT2D eigenvalue weighted by atomic mass is 35.5. The van der Waals surface area contributed by atoms with Crippen LogP contribution in [0.5, 0.6) is 11.5 Å². The predicted molar refractivity (Wildman–Crippen MR) is 102 cm³/mol. The number of hydrogen-bond acceptors (Lipinski definition) is 5. The molecule has 0 fully saturated rings. The molecule has 1 heterocycles. The average Bonchev–Trinajstić information content (AvgIpc) is 3.11. The first-order valence-corrected chi connectivity index (χ1v) is 8.68. The second-order valence-corrected chi connectivity index (χ2v) is 6.33. The van der Waals surface area contributed by atoms with Crippen LogP contribution in [0.1, 0.15) is 5.89 Å². The first-order valence-electron chi connectivity index (χ1n) is 8.30. The molecule has 0 bridgehead atoms. The van der Waals surface area contributed by atoms with E-state index in [2.05, 4.69) is 9.88 Å². The topological polar surface area (TPSA) is 47.7 Å². The summed E-state index contributed by atoms with van der Waals surface area (Å²) in [7, 11) is 3.64. The average molecular weight is 373 g/mol. The molecule has 0 saturated heterocycles. The molecule has 0 N–H and O–H groups in total. The van der Waals surface area contributed by atoms with E-state index in [0.717, 1.165) is 23.6 Å². The molecule has 6 heteroatoms. The second-order valence-electron chi connectivity index (χ2n) is 5.89. The Bertz CT molecular complexity index is 833. The first kappa shape index (κ1) is 18.3. The zero-order valence-electron chi connectivity index (χ0n) is 14.8. The van der Waals surface area contributed by atoms with Gasteiger partial charge in [-0.25, -0.2) is 4.98 Å². The fourth-order valence-corrected chi connectivity index (χ4v) is 2.65. The second kappa shape index (κ2) is 8.74. The summed E-state index contributed by atoms with van der Waals surface area (Å²) in [6, 6.07) is 15.1. The van der Waals surface area contributed by atoms with E-state index < -0.39 is 0 Å². The number of benzene rings is 2. The molecule has 0 radical (unpaired) electrons. The zero-order chi connectivity index (χ0) is 18.4. The zero-order valence-corrected chi connectivity index (χ0v) is 15.6. The van der Waals surface area contributed by atoms with E-state index in [1.54, 1.807) is 13.3 Å². The van der Waals surface area contributed by atoms with Crippen molar-refractivity contribution < 1.29 is 13.9 Å². The molecule has 5 nitrogen and oxygen atoms in total. The van der Waals surface area contributed by atoms with Gasteiger partial charge in [0.1, 0.15) is 18.1 Å². The van der Waals surface area contributed by atoms with E-state index in [1.165, 1.54) is 0 Å². The molecule has 0 atom stereocenters. The van der Waals surface area contributed by atoms with Crippen molar-refractivity contribution in [2.75, 3.05) is 27.3 Å². The summed E-state index contributed by atoms with van der Waals surface area (Å²) in [4.78, 5) is 6.44. The summed E-state index contributed by atoms with van der Waals surface area (Å²) in [6.45, 7) is 1.93. The lowest BCUT2D eigenvalue weighted by molar-refractivity contribution is 0.220. The van der Waals surface area contributed by atoms with Crippen molar-refractivity contribution in [1.29, 1.82) is 0 Å². The molecule has 0 aliphatic rings. The van der Waals surface area contributed by atoms with E-state index in [1.807, 2.05) is 55.6 Å². The number of oxazole rings is 1. The molecule has 1 aromatic heterocycles. The Morgan fingerprint density at radius 3 is 2.62 bits per heavy atom. The van der Waals surface area contributed by atoms with Gasteiger partial charge in [-0.2, -0.15) is 0 Å². The van der Waals surface area contributed by atoms with E-state index in [9.17, 15) is 0 Å². The molecule has 3 rings (SSSR count). The summed E-state index contributed by atoms with van der Waals surface area (Å²) in [5, 5.41) is 0.674. The molecule has 0 aliphatic carbocycles. The van der Waals surface area contributed by atoms with Crippen LogP contribution in [-0.4, -0.2) is 37.2 Å². The van der Waals surface area contributed by atoms with Crippen molar-refractivity contribution in [2.45, 2.75) is 6.54 Å². The molecule has 0 amide bonds. The smallest absolute Gasteiger partial charge is 0.209 e. The lowest BCUT2D eigenvalue weighted by atomic mass is 10.2. The van der Waals surface area contributed by atoms with Gasteiger partial charge in [0.15, 0.2) is 5.76 Å². The van der Waals surface area contributed by atoms with Gasteiger partial charge in [-0.1, -0.05) is 23.7 Å².